The molecular weight excluding hydrogens is 277 g/mol. The Bertz CT molecular complexity index is 671. The van der Waals surface area contributed by atoms with Crippen molar-refractivity contribution >= 4 is 23.1 Å². The van der Waals surface area contributed by atoms with Crippen LogP contribution in [0.4, 0.5) is 4.39 Å². The van der Waals surface area contributed by atoms with Gasteiger partial charge in [-0.05, 0) is 29.1 Å². The van der Waals surface area contributed by atoms with Gasteiger partial charge in [0.25, 0.3) is 0 Å². The van der Waals surface area contributed by atoms with E-state index in [1.165, 1.54) is 18.5 Å². The van der Waals surface area contributed by atoms with E-state index in [1.54, 1.807) is 0 Å². The van der Waals surface area contributed by atoms with Crippen molar-refractivity contribution in [3.63, 3.8) is 0 Å². The van der Waals surface area contributed by atoms with Crippen molar-refractivity contribution in [2.75, 3.05) is 0 Å². The highest BCUT2D eigenvalue weighted by molar-refractivity contribution is 7.10. The second-order valence-corrected chi connectivity index (χ2v) is 4.85. The van der Waals surface area contributed by atoms with E-state index >= 15 is 0 Å². The van der Waals surface area contributed by atoms with Crippen molar-refractivity contribution in [2.24, 2.45) is 0 Å². The number of hydrogen-bond donors (Lipinski definition) is 0. The van der Waals surface area contributed by atoms with Gasteiger partial charge in [-0.15, -0.1) is 19.3 Å². The van der Waals surface area contributed by atoms with Crippen molar-refractivity contribution in [3.05, 3.63) is 35.7 Å². The third-order valence-corrected chi connectivity index (χ3v) is 3.63. The molecule has 18 heavy (non-hydrogen) atoms. The van der Waals surface area contributed by atoms with Gasteiger partial charge in [0.15, 0.2) is 0 Å². The lowest BCUT2D eigenvalue weighted by molar-refractivity contribution is -0.625. The first-order chi connectivity index (χ1) is 8.77. The molecule has 90 valence electrons. The third kappa shape index (κ3) is 1.73. The third-order valence-electron chi connectivity index (χ3n) is 2.26. The maximum Gasteiger partial charge on any atom is 0.371 e. The number of pyridine rings is 1. The molecule has 0 aliphatic rings. The van der Waals surface area contributed by atoms with Gasteiger partial charge in [0, 0.05) is 6.07 Å². The lowest BCUT2D eigenvalue weighted by Crippen LogP contribution is -2.34. The van der Waals surface area contributed by atoms with E-state index in [9.17, 15) is 9.60 Å². The molecule has 0 unspecified atom stereocenters. The summed E-state index contributed by atoms with van der Waals surface area (Å²) in [6, 6.07) is 2.63. The van der Waals surface area contributed by atoms with Gasteiger partial charge in [0.2, 0.25) is 5.69 Å². The van der Waals surface area contributed by atoms with Gasteiger partial charge in [-0.25, -0.2) is 0 Å². The Kier molecular flexibility index (Phi) is 2.68. The molecule has 0 saturated carbocycles. The van der Waals surface area contributed by atoms with E-state index in [4.69, 9.17) is 0 Å². The maximum atomic E-state index is 13.4. The van der Waals surface area contributed by atoms with Gasteiger partial charge in [0.1, 0.15) is 4.88 Å². The molecule has 0 bridgehead atoms. The van der Waals surface area contributed by atoms with E-state index in [1.807, 2.05) is 0 Å². The number of nitrogens with zero attached hydrogens (tertiary/aromatic N) is 5. The molecule has 3 aromatic heterocycles. The van der Waals surface area contributed by atoms with Crippen LogP contribution < -0.4 is 4.73 Å². The van der Waals surface area contributed by atoms with Gasteiger partial charge in [0.05, 0.1) is 22.8 Å². The molecule has 0 spiro atoms. The zero-order valence-corrected chi connectivity index (χ0v) is 10.3. The second kappa shape index (κ2) is 4.35. The quantitative estimate of drug-likeness (QED) is 0.404. The van der Waals surface area contributed by atoms with E-state index in [2.05, 4.69) is 19.2 Å². The smallest absolute Gasteiger partial charge is 0.371 e. The average molecular weight is 281 g/mol. The molecule has 3 aromatic rings. The first-order valence-electron chi connectivity index (χ1n) is 4.75. The Hall–Kier alpha value is -2.00. The van der Waals surface area contributed by atoms with Crippen LogP contribution in [0.25, 0.3) is 21.0 Å². The molecule has 3 rings (SSSR count). The van der Waals surface area contributed by atoms with Gasteiger partial charge < -0.3 is 5.21 Å². The molecule has 0 aromatic carbocycles. The van der Waals surface area contributed by atoms with Crippen molar-refractivity contribution in [3.8, 4) is 21.0 Å². The van der Waals surface area contributed by atoms with Gasteiger partial charge in [-0.3, -0.25) is 0 Å². The van der Waals surface area contributed by atoms with Crippen LogP contribution in [0.15, 0.2) is 24.5 Å². The van der Waals surface area contributed by atoms with Crippen LogP contribution in [0.3, 0.4) is 0 Å². The highest BCUT2D eigenvalue weighted by Gasteiger charge is 2.23. The van der Waals surface area contributed by atoms with E-state index in [-0.39, 0.29) is 10.4 Å². The topological polar surface area (TPSA) is 78.5 Å². The van der Waals surface area contributed by atoms with E-state index < -0.39 is 5.95 Å². The Morgan fingerprint density at radius 3 is 2.33 bits per heavy atom. The van der Waals surface area contributed by atoms with E-state index in [0.717, 1.165) is 29.1 Å². The molecule has 0 N–H and O–H groups in total. The molecule has 0 aliphatic carbocycles. The zero-order valence-electron chi connectivity index (χ0n) is 8.65. The Morgan fingerprint density at radius 1 is 1.06 bits per heavy atom. The number of hydrogen-bond acceptors (Lipinski definition) is 7. The maximum absolute atomic E-state index is 13.4. The molecule has 0 aliphatic heterocycles. The molecular formula is C9H4FN5OS2. The van der Waals surface area contributed by atoms with Crippen LogP contribution in [0, 0.1) is 11.2 Å². The Balaban J connectivity index is 2.30. The van der Waals surface area contributed by atoms with Crippen molar-refractivity contribution < 1.29 is 9.12 Å². The van der Waals surface area contributed by atoms with Crippen LogP contribution in [0.5, 0.6) is 0 Å². The largest absolute Gasteiger partial charge is 0.616 e. The zero-order chi connectivity index (χ0) is 12.5. The van der Waals surface area contributed by atoms with Crippen LogP contribution in [0.2, 0.25) is 0 Å². The molecule has 0 radical (unpaired) electrons. The van der Waals surface area contributed by atoms with Crippen LogP contribution in [0.1, 0.15) is 0 Å². The minimum Gasteiger partial charge on any atom is -0.616 e. The fraction of sp³-hybridized carbons (Fsp3) is 0. The van der Waals surface area contributed by atoms with Crippen LogP contribution >= 0.6 is 23.1 Å². The summed E-state index contributed by atoms with van der Waals surface area (Å²) in [4.78, 5) is 1.18. The summed E-state index contributed by atoms with van der Waals surface area (Å²) in [5, 5.41) is 19.2. The first kappa shape index (κ1) is 11.1. The van der Waals surface area contributed by atoms with Crippen molar-refractivity contribution in [1.82, 2.24) is 19.2 Å². The molecule has 0 amide bonds. The Morgan fingerprint density at radius 2 is 1.72 bits per heavy atom. The fourth-order valence-electron chi connectivity index (χ4n) is 1.50. The summed E-state index contributed by atoms with van der Waals surface area (Å²) in [6.45, 7) is 0. The minimum absolute atomic E-state index is 0.177. The summed E-state index contributed by atoms with van der Waals surface area (Å²) in [6.07, 6.45) is 2.95. The highest BCUT2D eigenvalue weighted by atomic mass is 32.1. The monoisotopic (exact) mass is 281 g/mol. The summed E-state index contributed by atoms with van der Waals surface area (Å²) < 4.78 is 21.0. The molecule has 0 fully saturated rings. The number of aromatic nitrogens is 5. The first-order valence-corrected chi connectivity index (χ1v) is 6.29. The van der Waals surface area contributed by atoms with Crippen LogP contribution in [-0.4, -0.2) is 19.2 Å². The lowest BCUT2D eigenvalue weighted by Gasteiger charge is -2.06. The standard InChI is InChI=1S/C9H4FN5OS2/c10-8-2-1-5(6-3-11-13-17-6)9(15(8)16)7-4-12-14-18-7/h1-4H. The summed E-state index contributed by atoms with van der Waals surface area (Å²) >= 11 is 2.16. The van der Waals surface area contributed by atoms with Gasteiger partial charge in [-0.1, -0.05) is 8.98 Å². The summed E-state index contributed by atoms with van der Waals surface area (Å²) in [5.74, 6) is -0.875. The highest BCUT2D eigenvalue weighted by Crippen LogP contribution is 2.31. The van der Waals surface area contributed by atoms with Crippen molar-refractivity contribution in [1.29, 1.82) is 0 Å². The summed E-state index contributed by atoms with van der Waals surface area (Å²) in [7, 11) is 0. The predicted molar refractivity (Wildman–Crippen MR) is 63.2 cm³/mol. The molecule has 0 saturated heterocycles. The van der Waals surface area contributed by atoms with Gasteiger partial charge >= 0.3 is 5.95 Å². The van der Waals surface area contributed by atoms with Crippen molar-refractivity contribution in [2.45, 2.75) is 0 Å². The molecule has 9 heteroatoms. The normalized spacial score (nSPS) is 10.7. The average Bonchev–Trinajstić information content (AvgIpc) is 3.03. The number of halogens is 1. The molecule has 6 nitrogen and oxygen atoms in total. The summed E-state index contributed by atoms with van der Waals surface area (Å²) in [5.41, 5.74) is 0.739. The molecule has 3 heterocycles. The van der Waals surface area contributed by atoms with Gasteiger partial charge in [-0.2, -0.15) is 0 Å². The lowest BCUT2D eigenvalue weighted by atomic mass is 10.1. The van der Waals surface area contributed by atoms with E-state index in [0.29, 0.717) is 15.3 Å². The fourth-order valence-corrected chi connectivity index (χ4v) is 2.60. The minimum atomic E-state index is -0.875. The predicted octanol–water partition coefficient (Wildman–Crippen LogP) is 1.50. The Labute approximate surface area is 108 Å². The van der Waals surface area contributed by atoms with Crippen LogP contribution in [-0.2, 0) is 0 Å². The molecule has 0 atom stereocenters. The number of rotatable bonds is 2. The second-order valence-electron chi connectivity index (χ2n) is 3.28. The SMILES string of the molecule is [O-][n+]1c(F)ccc(-c2cnns2)c1-c1cnns1.